The highest BCUT2D eigenvalue weighted by atomic mass is 16.4. The van der Waals surface area contributed by atoms with E-state index in [-0.39, 0.29) is 17.9 Å². The summed E-state index contributed by atoms with van der Waals surface area (Å²) in [5.74, 6) is -0.995. The maximum absolute atomic E-state index is 12.2. The fourth-order valence-electron chi connectivity index (χ4n) is 3.07. The van der Waals surface area contributed by atoms with E-state index in [2.05, 4.69) is 5.32 Å². The van der Waals surface area contributed by atoms with Gasteiger partial charge in [0.15, 0.2) is 0 Å². The highest BCUT2D eigenvalue weighted by Crippen LogP contribution is 2.32. The third kappa shape index (κ3) is 2.82. The quantitative estimate of drug-likeness (QED) is 0.745. The molecule has 0 saturated carbocycles. The number of rotatable bonds is 4. The summed E-state index contributed by atoms with van der Waals surface area (Å²) in [6.45, 7) is 1.63. The van der Waals surface area contributed by atoms with Crippen molar-refractivity contribution in [3.8, 4) is 5.75 Å². The van der Waals surface area contributed by atoms with Crippen LogP contribution in [-0.4, -0.2) is 22.2 Å². The summed E-state index contributed by atoms with van der Waals surface area (Å²) in [7, 11) is 0. The molecule has 1 atom stereocenters. The lowest BCUT2D eigenvalue weighted by Gasteiger charge is -2.18. The van der Waals surface area contributed by atoms with Gasteiger partial charge in [-0.3, -0.25) is 4.79 Å². The van der Waals surface area contributed by atoms with Crippen LogP contribution in [0.5, 0.6) is 5.75 Å². The van der Waals surface area contributed by atoms with Gasteiger partial charge in [0, 0.05) is 17.5 Å². The second kappa shape index (κ2) is 6.04. The van der Waals surface area contributed by atoms with E-state index in [1.54, 1.807) is 12.1 Å². The van der Waals surface area contributed by atoms with Crippen molar-refractivity contribution in [2.75, 3.05) is 0 Å². The van der Waals surface area contributed by atoms with Gasteiger partial charge in [0.1, 0.15) is 17.4 Å². The maximum atomic E-state index is 12.2. The van der Waals surface area contributed by atoms with Gasteiger partial charge in [0.25, 0.3) is 0 Å². The van der Waals surface area contributed by atoms with Crippen LogP contribution in [0.1, 0.15) is 36.5 Å². The molecule has 0 bridgehead atoms. The summed E-state index contributed by atoms with van der Waals surface area (Å²) < 4.78 is 5.46. The predicted molar refractivity (Wildman–Crippen MR) is 84.7 cm³/mol. The molecular weight excluding hydrogens is 298 g/mol. The molecule has 6 nitrogen and oxygen atoms in total. The van der Waals surface area contributed by atoms with Gasteiger partial charge in [0.05, 0.1) is 5.56 Å². The minimum Gasteiger partial charge on any atom is -0.507 e. The molecule has 1 aromatic carbocycles. The molecule has 2 aromatic rings. The third-order valence-electron chi connectivity index (χ3n) is 4.43. The number of carboxylic acid groups (broad SMARTS) is 1. The smallest absolute Gasteiger partial charge is 0.339 e. The molecule has 122 valence electrons. The van der Waals surface area contributed by atoms with Gasteiger partial charge in [-0.2, -0.15) is 0 Å². The van der Waals surface area contributed by atoms with Crippen molar-refractivity contribution < 1.29 is 19.4 Å². The van der Waals surface area contributed by atoms with E-state index in [4.69, 9.17) is 9.52 Å². The van der Waals surface area contributed by atoms with E-state index in [9.17, 15) is 14.7 Å². The van der Waals surface area contributed by atoms with Crippen molar-refractivity contribution in [2.45, 2.75) is 45.2 Å². The summed E-state index contributed by atoms with van der Waals surface area (Å²) >= 11 is 0. The lowest BCUT2D eigenvalue weighted by atomic mass is 9.90. The Morgan fingerprint density at radius 1 is 1.30 bits per heavy atom. The number of hydrogen-bond donors (Lipinski definition) is 3. The first kappa shape index (κ1) is 15.6. The van der Waals surface area contributed by atoms with Crippen molar-refractivity contribution in [1.29, 1.82) is 0 Å². The second-order valence-corrected chi connectivity index (χ2v) is 5.93. The van der Waals surface area contributed by atoms with Gasteiger partial charge < -0.3 is 19.9 Å². The Morgan fingerprint density at radius 3 is 2.70 bits per heavy atom. The summed E-state index contributed by atoms with van der Waals surface area (Å²) in [6, 6.07) is 2.57. The molecular formula is C17H19NO5. The Bertz CT molecular complexity index is 824. The molecule has 0 unspecified atom stereocenters. The minimum atomic E-state index is -0.983. The van der Waals surface area contributed by atoms with Gasteiger partial charge in [-0.15, -0.1) is 0 Å². The highest BCUT2D eigenvalue weighted by Gasteiger charge is 2.21. The molecule has 0 radical (unpaired) electrons. The standard InChI is InChI=1S/C17H19NO5/c1-9(16(20)21)18-8-13-14(19)7-6-11-10-4-2-3-5-12(10)17(22)23-15(11)13/h6-7,9,18-19H,2-5,8H2,1H3,(H,20,21)/t9-/m1/s1. The van der Waals surface area contributed by atoms with Crippen LogP contribution in [0.25, 0.3) is 11.0 Å². The Morgan fingerprint density at radius 2 is 2.00 bits per heavy atom. The highest BCUT2D eigenvalue weighted by molar-refractivity contribution is 5.86. The van der Waals surface area contributed by atoms with Crippen LogP contribution in [0, 0.1) is 0 Å². The minimum absolute atomic E-state index is 0.0125. The molecule has 3 rings (SSSR count). The molecule has 1 aromatic heterocycles. The zero-order chi connectivity index (χ0) is 16.6. The van der Waals surface area contributed by atoms with Crippen molar-refractivity contribution in [3.05, 3.63) is 39.2 Å². The van der Waals surface area contributed by atoms with Gasteiger partial charge in [0.2, 0.25) is 0 Å². The summed E-state index contributed by atoms with van der Waals surface area (Å²) in [6.07, 6.45) is 3.54. The molecule has 3 N–H and O–H groups in total. The number of benzene rings is 1. The van der Waals surface area contributed by atoms with Gasteiger partial charge in [-0.1, -0.05) is 0 Å². The molecule has 23 heavy (non-hydrogen) atoms. The first-order chi connectivity index (χ1) is 11.0. The van der Waals surface area contributed by atoms with Crippen LogP contribution < -0.4 is 10.9 Å². The molecule has 0 spiro atoms. The molecule has 0 aliphatic heterocycles. The SMILES string of the molecule is C[C@@H](NCc1c(O)ccc2c3c(c(=O)oc12)CCCC3)C(=O)O. The number of aliphatic carboxylic acids is 1. The maximum Gasteiger partial charge on any atom is 0.339 e. The van der Waals surface area contributed by atoms with Crippen LogP contribution in [0.2, 0.25) is 0 Å². The van der Waals surface area contributed by atoms with Gasteiger partial charge >= 0.3 is 11.6 Å². The fraction of sp³-hybridized carbons (Fsp3) is 0.412. The lowest BCUT2D eigenvalue weighted by Crippen LogP contribution is -2.33. The number of fused-ring (bicyclic) bond motifs is 3. The van der Waals surface area contributed by atoms with E-state index in [1.165, 1.54) is 6.92 Å². The van der Waals surface area contributed by atoms with E-state index in [0.29, 0.717) is 11.1 Å². The number of phenolic OH excluding ortho intramolecular Hbond substituents is 1. The van der Waals surface area contributed by atoms with Crippen LogP contribution >= 0.6 is 0 Å². The fourth-order valence-corrected chi connectivity index (χ4v) is 3.07. The molecule has 1 aliphatic rings. The van der Waals surface area contributed by atoms with Crippen molar-refractivity contribution in [2.24, 2.45) is 0 Å². The molecule has 1 heterocycles. The van der Waals surface area contributed by atoms with Crippen LogP contribution in [0.15, 0.2) is 21.3 Å². The largest absolute Gasteiger partial charge is 0.507 e. The number of aryl methyl sites for hydroxylation is 1. The third-order valence-corrected chi connectivity index (χ3v) is 4.43. The Kier molecular flexibility index (Phi) is 4.09. The predicted octanol–water partition coefficient (Wildman–Crippen LogP) is 1.94. The number of aromatic hydroxyl groups is 1. The van der Waals surface area contributed by atoms with E-state index < -0.39 is 12.0 Å². The monoisotopic (exact) mass is 317 g/mol. The number of nitrogens with one attached hydrogen (secondary N) is 1. The molecule has 1 aliphatic carbocycles. The zero-order valence-corrected chi connectivity index (χ0v) is 12.9. The average Bonchev–Trinajstić information content (AvgIpc) is 2.54. The average molecular weight is 317 g/mol. The Labute approximate surface area is 132 Å². The molecule has 6 heteroatoms. The Balaban J connectivity index is 2.10. The number of phenols is 1. The van der Waals surface area contributed by atoms with E-state index in [0.717, 1.165) is 42.2 Å². The van der Waals surface area contributed by atoms with E-state index in [1.807, 2.05) is 0 Å². The van der Waals surface area contributed by atoms with Crippen LogP contribution in [-0.2, 0) is 24.2 Å². The first-order valence-corrected chi connectivity index (χ1v) is 7.74. The van der Waals surface area contributed by atoms with Gasteiger partial charge in [-0.25, -0.2) is 4.79 Å². The molecule has 0 saturated heterocycles. The van der Waals surface area contributed by atoms with Crippen molar-refractivity contribution in [1.82, 2.24) is 5.32 Å². The van der Waals surface area contributed by atoms with Gasteiger partial charge in [-0.05, 0) is 50.3 Å². The number of hydrogen-bond acceptors (Lipinski definition) is 5. The Hall–Kier alpha value is -2.34. The topological polar surface area (TPSA) is 99.8 Å². The summed E-state index contributed by atoms with van der Waals surface area (Å²) in [5.41, 5.74) is 2.13. The van der Waals surface area contributed by atoms with Crippen LogP contribution in [0.3, 0.4) is 0 Å². The number of carboxylic acids is 1. The van der Waals surface area contributed by atoms with Crippen molar-refractivity contribution in [3.63, 3.8) is 0 Å². The van der Waals surface area contributed by atoms with Crippen LogP contribution in [0.4, 0.5) is 0 Å². The lowest BCUT2D eigenvalue weighted by molar-refractivity contribution is -0.139. The summed E-state index contributed by atoms with van der Waals surface area (Å²) in [5, 5.41) is 22.7. The van der Waals surface area contributed by atoms with E-state index >= 15 is 0 Å². The zero-order valence-electron chi connectivity index (χ0n) is 12.9. The van der Waals surface area contributed by atoms with Crippen molar-refractivity contribution >= 4 is 16.9 Å². The first-order valence-electron chi connectivity index (χ1n) is 7.74. The normalized spacial score (nSPS) is 15.3. The molecule has 0 fully saturated rings. The summed E-state index contributed by atoms with van der Waals surface area (Å²) in [4.78, 5) is 23.1. The second-order valence-electron chi connectivity index (χ2n) is 5.93. The number of carbonyl (C=O) groups is 1. The molecule has 0 amide bonds.